The summed E-state index contributed by atoms with van der Waals surface area (Å²) in [6.07, 6.45) is 31.2. The van der Waals surface area contributed by atoms with Crippen LogP contribution in [0.3, 0.4) is 0 Å². The minimum absolute atomic E-state index is 0.0417. The van der Waals surface area contributed by atoms with Crippen LogP contribution >= 0.6 is 0 Å². The molecule has 0 bridgehead atoms. The van der Waals surface area contributed by atoms with Crippen LogP contribution < -0.4 is 0 Å². The van der Waals surface area contributed by atoms with Gasteiger partial charge in [-0.25, -0.2) is 0 Å². The fourth-order valence-corrected chi connectivity index (χ4v) is 4.81. The van der Waals surface area contributed by atoms with Gasteiger partial charge in [-0.15, -0.1) is 0 Å². The molecule has 0 aromatic rings. The second-order valence-electron chi connectivity index (χ2n) is 11.2. The number of hydrogen-bond acceptors (Lipinski definition) is 5. The van der Waals surface area contributed by atoms with Gasteiger partial charge in [0.15, 0.2) is 0 Å². The molecule has 238 valence electrons. The van der Waals surface area contributed by atoms with Crippen molar-refractivity contribution in [2.75, 3.05) is 39.6 Å². The van der Waals surface area contributed by atoms with E-state index in [0.29, 0.717) is 38.6 Å². The Morgan fingerprint density at radius 2 is 0.692 bits per heavy atom. The average Bonchev–Trinajstić information content (AvgIpc) is 2.95. The van der Waals surface area contributed by atoms with Gasteiger partial charge in [0, 0.05) is 0 Å². The molecular weight excluding hydrogens is 488 g/mol. The first-order valence-corrected chi connectivity index (χ1v) is 17.2. The molecule has 0 amide bonds. The van der Waals surface area contributed by atoms with Gasteiger partial charge in [-0.05, 0) is 25.7 Å². The van der Waals surface area contributed by atoms with Gasteiger partial charge in [0.05, 0.1) is 51.8 Å². The number of aliphatic hydroxyl groups excluding tert-OH is 2. The van der Waals surface area contributed by atoms with E-state index in [-0.39, 0.29) is 13.2 Å². The van der Waals surface area contributed by atoms with E-state index in [2.05, 4.69) is 27.7 Å². The second kappa shape index (κ2) is 37.8. The molecule has 5 nitrogen and oxygen atoms in total. The highest BCUT2D eigenvalue weighted by Crippen LogP contribution is 2.22. The van der Waals surface area contributed by atoms with E-state index in [1.165, 1.54) is 141 Å². The van der Waals surface area contributed by atoms with Gasteiger partial charge in [-0.2, -0.15) is 0 Å². The van der Waals surface area contributed by atoms with Crippen LogP contribution in [0.4, 0.5) is 0 Å². The Balaban J connectivity index is 0. The van der Waals surface area contributed by atoms with Gasteiger partial charge in [-0.1, -0.05) is 143 Å². The maximum absolute atomic E-state index is 8.26. The Morgan fingerprint density at radius 3 is 1.03 bits per heavy atom. The number of aliphatic hydroxyl groups is 2. The molecule has 0 radical (unpaired) electrons. The highest BCUT2D eigenvalue weighted by Gasteiger charge is 2.16. The summed E-state index contributed by atoms with van der Waals surface area (Å²) in [5.41, 5.74) is 0. The van der Waals surface area contributed by atoms with Gasteiger partial charge in [0.25, 0.3) is 0 Å². The molecule has 0 fully saturated rings. The Hall–Kier alpha value is -0.200. The number of ether oxygens (including phenoxy) is 3. The van der Waals surface area contributed by atoms with Crippen LogP contribution in [0.5, 0.6) is 0 Å². The SMILES string of the molecule is CCCCCCCCCC(CCCC)OC(CCCC)CCCCCCCCC.OCCOCCOCCO. The summed E-state index contributed by atoms with van der Waals surface area (Å²) < 4.78 is 16.5. The molecule has 0 aliphatic rings. The molecule has 0 rings (SSSR count). The maximum atomic E-state index is 8.26. The van der Waals surface area contributed by atoms with Crippen LogP contribution in [0.1, 0.15) is 169 Å². The lowest BCUT2D eigenvalue weighted by atomic mass is 10.0. The van der Waals surface area contributed by atoms with Crippen molar-refractivity contribution >= 4 is 0 Å². The smallest absolute Gasteiger partial charge is 0.0701 e. The van der Waals surface area contributed by atoms with Crippen molar-refractivity contribution in [1.82, 2.24) is 0 Å². The summed E-state index contributed by atoms with van der Waals surface area (Å²) >= 11 is 0. The van der Waals surface area contributed by atoms with Gasteiger partial charge >= 0.3 is 0 Å². The summed E-state index contributed by atoms with van der Waals surface area (Å²) in [6.45, 7) is 11.0. The van der Waals surface area contributed by atoms with Crippen molar-refractivity contribution in [2.45, 2.75) is 181 Å². The van der Waals surface area contributed by atoms with E-state index in [4.69, 9.17) is 24.4 Å². The predicted molar refractivity (Wildman–Crippen MR) is 169 cm³/mol. The normalized spacial score (nSPS) is 12.8. The van der Waals surface area contributed by atoms with Crippen molar-refractivity contribution < 1.29 is 24.4 Å². The highest BCUT2D eigenvalue weighted by molar-refractivity contribution is 4.66. The third-order valence-electron chi connectivity index (χ3n) is 7.25. The fraction of sp³-hybridized carbons (Fsp3) is 1.00. The fourth-order valence-electron chi connectivity index (χ4n) is 4.81. The zero-order valence-corrected chi connectivity index (χ0v) is 27.1. The Morgan fingerprint density at radius 1 is 0.385 bits per heavy atom. The van der Waals surface area contributed by atoms with Gasteiger partial charge in [0.2, 0.25) is 0 Å². The summed E-state index contributed by atoms with van der Waals surface area (Å²) in [7, 11) is 0. The number of hydrogen-bond donors (Lipinski definition) is 2. The largest absolute Gasteiger partial charge is 0.394 e. The molecule has 0 aliphatic heterocycles. The third-order valence-corrected chi connectivity index (χ3v) is 7.25. The first kappa shape index (κ1) is 40.9. The van der Waals surface area contributed by atoms with E-state index in [0.717, 1.165) is 0 Å². The maximum Gasteiger partial charge on any atom is 0.0701 e. The molecule has 2 unspecified atom stereocenters. The highest BCUT2D eigenvalue weighted by atomic mass is 16.5. The van der Waals surface area contributed by atoms with Gasteiger partial charge in [0.1, 0.15) is 0 Å². The molecule has 0 saturated heterocycles. The van der Waals surface area contributed by atoms with Crippen molar-refractivity contribution in [2.24, 2.45) is 0 Å². The van der Waals surface area contributed by atoms with Gasteiger partial charge in [-0.3, -0.25) is 0 Å². The quantitative estimate of drug-likeness (QED) is 0.0827. The molecular formula is C34H72O5. The number of rotatable bonds is 31. The molecule has 39 heavy (non-hydrogen) atoms. The van der Waals surface area contributed by atoms with Crippen molar-refractivity contribution in [3.8, 4) is 0 Å². The summed E-state index contributed by atoms with van der Waals surface area (Å²) in [6, 6.07) is 0. The minimum Gasteiger partial charge on any atom is -0.394 e. The lowest BCUT2D eigenvalue weighted by Gasteiger charge is -2.25. The van der Waals surface area contributed by atoms with Gasteiger partial charge < -0.3 is 24.4 Å². The van der Waals surface area contributed by atoms with Crippen LogP contribution in [0.25, 0.3) is 0 Å². The summed E-state index contributed by atoms with van der Waals surface area (Å²) in [5, 5.41) is 16.5. The van der Waals surface area contributed by atoms with E-state index >= 15 is 0 Å². The van der Waals surface area contributed by atoms with Crippen molar-refractivity contribution in [1.29, 1.82) is 0 Å². The molecule has 0 heterocycles. The Labute approximate surface area is 245 Å². The van der Waals surface area contributed by atoms with E-state index in [1.807, 2.05) is 0 Å². The summed E-state index contributed by atoms with van der Waals surface area (Å²) in [4.78, 5) is 0. The monoisotopic (exact) mass is 561 g/mol. The lowest BCUT2D eigenvalue weighted by Crippen LogP contribution is -2.23. The van der Waals surface area contributed by atoms with Crippen LogP contribution in [0.15, 0.2) is 0 Å². The molecule has 2 atom stereocenters. The van der Waals surface area contributed by atoms with E-state index in [9.17, 15) is 0 Å². The second-order valence-corrected chi connectivity index (χ2v) is 11.2. The molecule has 5 heteroatoms. The molecule has 2 N–H and O–H groups in total. The first-order valence-electron chi connectivity index (χ1n) is 17.2. The Kier molecular flexibility index (Phi) is 39.7. The van der Waals surface area contributed by atoms with Crippen LogP contribution in [-0.4, -0.2) is 62.1 Å². The molecule has 0 aliphatic carbocycles. The standard InChI is InChI=1S/C28H58O.C6H14O4/c1-5-9-13-15-17-19-21-25-27(23-11-7-3)29-28(24-12-8-4)26-22-20-18-16-14-10-6-2;7-1-3-9-5-6-10-4-2-8/h27-28H,5-26H2,1-4H3;7-8H,1-6H2. The van der Waals surface area contributed by atoms with Crippen molar-refractivity contribution in [3.05, 3.63) is 0 Å². The zero-order chi connectivity index (χ0) is 29.1. The Bertz CT molecular complexity index is 371. The third kappa shape index (κ3) is 35.8. The topological polar surface area (TPSA) is 68.2 Å². The molecule has 0 aromatic heterocycles. The first-order chi connectivity index (χ1) is 19.2. The molecule has 0 saturated carbocycles. The molecule has 0 aromatic carbocycles. The zero-order valence-electron chi connectivity index (χ0n) is 27.1. The summed E-state index contributed by atoms with van der Waals surface area (Å²) in [5.74, 6) is 0. The van der Waals surface area contributed by atoms with Crippen LogP contribution in [0.2, 0.25) is 0 Å². The van der Waals surface area contributed by atoms with Crippen LogP contribution in [-0.2, 0) is 14.2 Å². The molecule has 0 spiro atoms. The van der Waals surface area contributed by atoms with E-state index < -0.39 is 0 Å². The lowest BCUT2D eigenvalue weighted by molar-refractivity contribution is -0.0321. The number of unbranched alkanes of at least 4 members (excludes halogenated alkanes) is 14. The van der Waals surface area contributed by atoms with E-state index in [1.54, 1.807) is 0 Å². The predicted octanol–water partition coefficient (Wildman–Crippen LogP) is 9.41. The van der Waals surface area contributed by atoms with Crippen LogP contribution in [0, 0.1) is 0 Å². The average molecular weight is 561 g/mol. The minimum atomic E-state index is 0.0417. The van der Waals surface area contributed by atoms with Crippen molar-refractivity contribution in [3.63, 3.8) is 0 Å².